The number of carbonyl (C=O) groups excluding carboxylic acids is 1. The number of benzene rings is 1. The van der Waals surface area contributed by atoms with E-state index in [9.17, 15) is 4.79 Å². The van der Waals surface area contributed by atoms with Crippen LogP contribution in [0, 0.1) is 19.8 Å². The first-order valence-electron chi connectivity index (χ1n) is 8.43. The fourth-order valence-corrected chi connectivity index (χ4v) is 3.61. The van der Waals surface area contributed by atoms with Gasteiger partial charge >= 0.3 is 0 Å². The van der Waals surface area contributed by atoms with Crippen LogP contribution >= 0.6 is 24.0 Å². The highest BCUT2D eigenvalue weighted by Crippen LogP contribution is 2.27. The highest BCUT2D eigenvalue weighted by Gasteiger charge is 2.21. The van der Waals surface area contributed by atoms with Gasteiger partial charge in [-0.3, -0.25) is 9.69 Å². The maximum Gasteiger partial charge on any atom is 0.238 e. The number of likely N-dealkylation sites (tertiary alicyclic amines) is 1. The van der Waals surface area contributed by atoms with Crippen LogP contribution in [0.3, 0.4) is 0 Å². The molecule has 1 aliphatic heterocycles. The molecule has 1 aromatic carbocycles. The second-order valence-electron chi connectivity index (χ2n) is 6.60. The van der Waals surface area contributed by atoms with Crippen LogP contribution in [-0.2, 0) is 4.79 Å². The Labute approximate surface area is 156 Å². The van der Waals surface area contributed by atoms with E-state index in [1.165, 1.54) is 19.3 Å². The van der Waals surface area contributed by atoms with Gasteiger partial charge in [-0.15, -0.1) is 12.4 Å². The summed E-state index contributed by atoms with van der Waals surface area (Å²) < 4.78 is 0. The molecule has 0 unspecified atom stereocenters. The number of anilines is 1. The Hall–Kier alpha value is -0.810. The van der Waals surface area contributed by atoms with Crippen molar-refractivity contribution < 1.29 is 4.79 Å². The number of amides is 1. The van der Waals surface area contributed by atoms with Gasteiger partial charge in [-0.2, -0.15) is 0 Å². The van der Waals surface area contributed by atoms with Gasteiger partial charge in [0, 0.05) is 0 Å². The van der Waals surface area contributed by atoms with Crippen molar-refractivity contribution in [2.24, 2.45) is 5.92 Å². The molecule has 0 aromatic heterocycles. The summed E-state index contributed by atoms with van der Waals surface area (Å²) in [6.07, 6.45) is 3.59. The van der Waals surface area contributed by atoms with E-state index >= 15 is 0 Å². The topological polar surface area (TPSA) is 44.4 Å². The molecule has 0 spiro atoms. The van der Waals surface area contributed by atoms with Crippen molar-refractivity contribution in [1.82, 2.24) is 10.2 Å². The molecule has 2 N–H and O–H groups in total. The number of hydrogen-bond acceptors (Lipinski definition) is 3. The molecule has 1 aromatic rings. The van der Waals surface area contributed by atoms with Gasteiger partial charge in [0.15, 0.2) is 0 Å². The summed E-state index contributed by atoms with van der Waals surface area (Å²) in [5, 5.41) is 6.80. The quantitative estimate of drug-likeness (QED) is 0.799. The van der Waals surface area contributed by atoms with Crippen molar-refractivity contribution in [3.05, 3.63) is 28.3 Å². The first-order valence-corrected chi connectivity index (χ1v) is 8.81. The lowest BCUT2D eigenvalue weighted by Gasteiger charge is -2.31. The zero-order valence-electron chi connectivity index (χ0n) is 14.8. The van der Waals surface area contributed by atoms with Crippen LogP contribution < -0.4 is 10.6 Å². The predicted octanol–water partition coefficient (Wildman–Crippen LogP) is 3.64. The van der Waals surface area contributed by atoms with E-state index in [1.54, 1.807) is 0 Å². The van der Waals surface area contributed by atoms with Gasteiger partial charge in [0.1, 0.15) is 0 Å². The summed E-state index contributed by atoms with van der Waals surface area (Å²) in [7, 11) is 2.00. The predicted molar refractivity (Wildman–Crippen MR) is 105 cm³/mol. The monoisotopic (exact) mass is 373 g/mol. The maximum atomic E-state index is 12.3. The van der Waals surface area contributed by atoms with E-state index in [0.717, 1.165) is 42.4 Å². The summed E-state index contributed by atoms with van der Waals surface area (Å²) >= 11 is 6.25. The molecule has 24 heavy (non-hydrogen) atoms. The SMILES string of the molecule is CNCCC1CCN(CC(=O)Nc2c(C)cc(C)cc2Cl)CC1.Cl. The summed E-state index contributed by atoms with van der Waals surface area (Å²) in [5.74, 6) is 0.808. The fourth-order valence-electron chi connectivity index (χ4n) is 3.24. The number of halogens is 2. The number of nitrogens with zero attached hydrogens (tertiary/aromatic N) is 1. The highest BCUT2D eigenvalue weighted by atomic mass is 35.5. The summed E-state index contributed by atoms with van der Waals surface area (Å²) in [4.78, 5) is 14.5. The normalized spacial score (nSPS) is 15.8. The molecule has 1 aliphatic rings. The van der Waals surface area contributed by atoms with Gasteiger partial charge in [-0.1, -0.05) is 17.7 Å². The first-order chi connectivity index (χ1) is 11.0. The first kappa shape index (κ1) is 21.2. The average Bonchev–Trinajstić information content (AvgIpc) is 2.50. The van der Waals surface area contributed by atoms with Gasteiger partial charge < -0.3 is 10.6 Å². The van der Waals surface area contributed by atoms with Crippen molar-refractivity contribution in [2.45, 2.75) is 33.1 Å². The van der Waals surface area contributed by atoms with Crippen molar-refractivity contribution in [3.63, 3.8) is 0 Å². The van der Waals surface area contributed by atoms with Gasteiger partial charge in [-0.25, -0.2) is 0 Å². The van der Waals surface area contributed by atoms with Gasteiger partial charge in [-0.05, 0) is 82.9 Å². The van der Waals surface area contributed by atoms with Crippen molar-refractivity contribution >= 4 is 35.6 Å². The summed E-state index contributed by atoms with van der Waals surface area (Å²) in [6, 6.07) is 3.92. The van der Waals surface area contributed by atoms with E-state index in [1.807, 2.05) is 33.0 Å². The Bertz CT molecular complexity index is 520. The molecular weight excluding hydrogens is 345 g/mol. The summed E-state index contributed by atoms with van der Waals surface area (Å²) in [6.45, 7) is 7.51. The summed E-state index contributed by atoms with van der Waals surface area (Å²) in [5.41, 5.74) is 2.86. The second kappa shape index (κ2) is 10.2. The molecule has 0 aliphatic carbocycles. The van der Waals surface area contributed by atoms with Gasteiger partial charge in [0.25, 0.3) is 0 Å². The standard InChI is InChI=1S/C18H28ClN3O.ClH/c1-13-10-14(2)18(16(19)11-13)21-17(23)12-22-8-5-15(6-9-22)4-7-20-3;/h10-11,15,20H,4-9,12H2,1-3H3,(H,21,23);1H. The van der Waals surface area contributed by atoms with E-state index in [-0.39, 0.29) is 18.3 Å². The fraction of sp³-hybridized carbons (Fsp3) is 0.611. The van der Waals surface area contributed by atoms with Crippen LogP contribution in [0.15, 0.2) is 12.1 Å². The Balaban J connectivity index is 0.00000288. The zero-order valence-corrected chi connectivity index (χ0v) is 16.4. The van der Waals surface area contributed by atoms with Crippen LogP contribution in [0.1, 0.15) is 30.4 Å². The van der Waals surface area contributed by atoms with E-state index < -0.39 is 0 Å². The number of hydrogen-bond donors (Lipinski definition) is 2. The molecule has 0 bridgehead atoms. The number of nitrogens with one attached hydrogen (secondary N) is 2. The third kappa shape index (κ3) is 6.25. The molecular formula is C18H29Cl2N3O. The Morgan fingerprint density at radius 1 is 1.29 bits per heavy atom. The van der Waals surface area contributed by atoms with Crippen LogP contribution in [0.4, 0.5) is 5.69 Å². The molecule has 1 fully saturated rings. The largest absolute Gasteiger partial charge is 0.323 e. The number of rotatable bonds is 6. The lowest BCUT2D eigenvalue weighted by atomic mass is 9.93. The van der Waals surface area contributed by atoms with Crippen molar-refractivity contribution in [3.8, 4) is 0 Å². The molecule has 2 rings (SSSR count). The Morgan fingerprint density at radius 3 is 2.54 bits per heavy atom. The Kier molecular flexibility index (Phi) is 9.06. The molecule has 0 saturated carbocycles. The van der Waals surface area contributed by atoms with Crippen molar-refractivity contribution in [1.29, 1.82) is 0 Å². The molecule has 4 nitrogen and oxygen atoms in total. The lowest BCUT2D eigenvalue weighted by molar-refractivity contribution is -0.117. The van der Waals surface area contributed by atoms with Gasteiger partial charge in [0.05, 0.1) is 17.3 Å². The highest BCUT2D eigenvalue weighted by molar-refractivity contribution is 6.34. The molecule has 1 amide bonds. The van der Waals surface area contributed by atoms with E-state index in [2.05, 4.69) is 15.5 Å². The van der Waals surface area contributed by atoms with E-state index in [0.29, 0.717) is 11.6 Å². The van der Waals surface area contributed by atoms with Crippen LogP contribution in [0.25, 0.3) is 0 Å². The zero-order chi connectivity index (χ0) is 16.8. The number of carbonyl (C=O) groups is 1. The minimum atomic E-state index is 0. The average molecular weight is 374 g/mol. The minimum absolute atomic E-state index is 0. The Morgan fingerprint density at radius 2 is 1.96 bits per heavy atom. The molecule has 0 radical (unpaired) electrons. The smallest absolute Gasteiger partial charge is 0.238 e. The molecule has 1 heterocycles. The lowest BCUT2D eigenvalue weighted by Crippen LogP contribution is -2.39. The third-order valence-corrected chi connectivity index (χ3v) is 4.87. The van der Waals surface area contributed by atoms with Gasteiger partial charge in [0.2, 0.25) is 5.91 Å². The minimum Gasteiger partial charge on any atom is -0.323 e. The molecule has 136 valence electrons. The maximum absolute atomic E-state index is 12.3. The molecule has 1 saturated heterocycles. The number of piperidine rings is 1. The van der Waals surface area contributed by atoms with Crippen molar-refractivity contribution in [2.75, 3.05) is 38.5 Å². The number of aryl methyl sites for hydroxylation is 2. The van der Waals surface area contributed by atoms with Crippen LogP contribution in [0.5, 0.6) is 0 Å². The molecule has 0 atom stereocenters. The third-order valence-electron chi connectivity index (χ3n) is 4.57. The van der Waals surface area contributed by atoms with Crippen LogP contribution in [-0.4, -0.2) is 44.0 Å². The molecule has 6 heteroatoms. The van der Waals surface area contributed by atoms with E-state index in [4.69, 9.17) is 11.6 Å². The second-order valence-corrected chi connectivity index (χ2v) is 7.01. The van der Waals surface area contributed by atoms with Crippen LogP contribution in [0.2, 0.25) is 5.02 Å².